The number of carboxylic acids is 1. The third kappa shape index (κ3) is 6.21. The Balaban J connectivity index is 2.28. The number of likely N-dealkylation sites (tertiary alicyclic amines) is 1. The van der Waals surface area contributed by atoms with Crippen molar-refractivity contribution in [1.29, 1.82) is 0 Å². The van der Waals surface area contributed by atoms with Crippen LogP contribution in [0, 0.1) is 5.92 Å². The normalized spacial score (nSPS) is 21.2. The topological polar surface area (TPSA) is 90.9 Å². The maximum absolute atomic E-state index is 11.7. The minimum atomic E-state index is -1.05. The van der Waals surface area contributed by atoms with Crippen molar-refractivity contribution in [2.75, 3.05) is 40.4 Å². The summed E-state index contributed by atoms with van der Waals surface area (Å²) in [7, 11) is 3.57. The number of methoxy groups -OCH3 is 1. The Morgan fingerprint density at radius 3 is 2.85 bits per heavy atom. The molecule has 1 heterocycles. The van der Waals surface area contributed by atoms with Gasteiger partial charge in [0.1, 0.15) is 6.04 Å². The van der Waals surface area contributed by atoms with Gasteiger partial charge in [-0.05, 0) is 32.4 Å². The molecule has 1 rings (SSSR count). The van der Waals surface area contributed by atoms with Gasteiger partial charge in [0.05, 0.1) is 0 Å². The van der Waals surface area contributed by atoms with Crippen LogP contribution in [0.1, 0.15) is 19.3 Å². The second-order valence-electron chi connectivity index (χ2n) is 5.30. The molecule has 1 saturated heterocycles. The third-order valence-corrected chi connectivity index (χ3v) is 3.49. The molecule has 7 nitrogen and oxygen atoms in total. The lowest BCUT2D eigenvalue weighted by molar-refractivity contribution is -0.139. The van der Waals surface area contributed by atoms with E-state index in [0.29, 0.717) is 19.1 Å². The smallest absolute Gasteiger partial charge is 0.326 e. The van der Waals surface area contributed by atoms with E-state index < -0.39 is 18.0 Å². The highest BCUT2D eigenvalue weighted by atomic mass is 16.5. The number of hydrogen-bond acceptors (Lipinski definition) is 4. The Hall–Kier alpha value is -1.34. The van der Waals surface area contributed by atoms with Crippen LogP contribution in [0.3, 0.4) is 0 Å². The highest BCUT2D eigenvalue weighted by Crippen LogP contribution is 2.13. The van der Waals surface area contributed by atoms with Gasteiger partial charge in [-0.15, -0.1) is 0 Å². The fraction of sp³-hybridized carbons (Fsp3) is 0.846. The lowest BCUT2D eigenvalue weighted by Gasteiger charge is -2.29. The molecule has 0 radical (unpaired) electrons. The fourth-order valence-electron chi connectivity index (χ4n) is 2.38. The summed E-state index contributed by atoms with van der Waals surface area (Å²) in [6.45, 7) is 2.94. The number of nitrogens with one attached hydrogen (secondary N) is 2. The molecule has 2 amide bonds. The van der Waals surface area contributed by atoms with Crippen LogP contribution in [0.15, 0.2) is 0 Å². The van der Waals surface area contributed by atoms with Crippen molar-refractivity contribution in [3.63, 3.8) is 0 Å². The van der Waals surface area contributed by atoms with Gasteiger partial charge in [-0.25, -0.2) is 9.59 Å². The van der Waals surface area contributed by atoms with Gasteiger partial charge in [-0.3, -0.25) is 0 Å². The van der Waals surface area contributed by atoms with E-state index in [1.807, 2.05) is 0 Å². The van der Waals surface area contributed by atoms with Crippen molar-refractivity contribution in [3.05, 3.63) is 0 Å². The predicted octanol–water partition coefficient (Wildman–Crippen LogP) is 0.117. The Labute approximate surface area is 119 Å². The van der Waals surface area contributed by atoms with Crippen LogP contribution in [0.25, 0.3) is 0 Å². The van der Waals surface area contributed by atoms with E-state index in [1.165, 1.54) is 7.11 Å². The quantitative estimate of drug-likeness (QED) is 0.618. The lowest BCUT2D eigenvalue weighted by Crippen LogP contribution is -2.48. The summed E-state index contributed by atoms with van der Waals surface area (Å²) in [4.78, 5) is 24.9. The molecule has 0 spiro atoms. The fourth-order valence-corrected chi connectivity index (χ4v) is 2.38. The lowest BCUT2D eigenvalue weighted by atomic mass is 9.99. The van der Waals surface area contributed by atoms with Crippen molar-refractivity contribution >= 4 is 12.0 Å². The monoisotopic (exact) mass is 287 g/mol. The number of carboxylic acid groups (broad SMARTS) is 1. The van der Waals surface area contributed by atoms with Gasteiger partial charge in [-0.2, -0.15) is 0 Å². The highest BCUT2D eigenvalue weighted by molar-refractivity contribution is 5.82. The average molecular weight is 287 g/mol. The number of rotatable bonds is 7. The number of amides is 2. The molecule has 2 unspecified atom stereocenters. The number of carbonyl (C=O) groups excluding carboxylic acids is 1. The zero-order valence-electron chi connectivity index (χ0n) is 12.2. The van der Waals surface area contributed by atoms with Crippen molar-refractivity contribution in [2.24, 2.45) is 5.92 Å². The molecule has 1 aliphatic rings. The van der Waals surface area contributed by atoms with Crippen LogP contribution < -0.4 is 10.6 Å². The minimum Gasteiger partial charge on any atom is -0.480 e. The first kappa shape index (κ1) is 16.7. The Kier molecular flexibility index (Phi) is 7.32. The molecule has 0 saturated carbocycles. The molecule has 20 heavy (non-hydrogen) atoms. The van der Waals surface area contributed by atoms with Crippen molar-refractivity contribution in [1.82, 2.24) is 15.5 Å². The molecule has 0 bridgehead atoms. The standard InChI is InChI=1S/C13H25N3O4/c1-16-6-3-4-10(9-16)8-14-13(19)15-11(12(17)18)5-7-20-2/h10-11H,3-9H2,1-2H3,(H,17,18)(H2,14,15,19). The second-order valence-corrected chi connectivity index (χ2v) is 5.30. The average Bonchev–Trinajstić information content (AvgIpc) is 2.41. The minimum absolute atomic E-state index is 0.255. The summed E-state index contributed by atoms with van der Waals surface area (Å²) in [6.07, 6.45) is 2.48. The van der Waals surface area contributed by atoms with Crippen LogP contribution >= 0.6 is 0 Å². The first-order valence-corrected chi connectivity index (χ1v) is 6.97. The van der Waals surface area contributed by atoms with Crippen molar-refractivity contribution in [3.8, 4) is 0 Å². The molecule has 7 heteroatoms. The molecule has 0 aromatic carbocycles. The zero-order chi connectivity index (χ0) is 15.0. The largest absolute Gasteiger partial charge is 0.480 e. The summed E-state index contributed by atoms with van der Waals surface area (Å²) in [5.74, 6) is -0.614. The predicted molar refractivity (Wildman–Crippen MR) is 74.7 cm³/mol. The van der Waals surface area contributed by atoms with Gasteiger partial charge in [-0.1, -0.05) is 0 Å². The molecular formula is C13H25N3O4. The molecular weight excluding hydrogens is 262 g/mol. The summed E-state index contributed by atoms with van der Waals surface area (Å²) in [5, 5.41) is 14.2. The first-order chi connectivity index (χ1) is 9.52. The molecule has 0 aromatic rings. The van der Waals surface area contributed by atoms with Gasteiger partial charge < -0.3 is 25.4 Å². The second kappa shape index (κ2) is 8.76. The number of ether oxygens (including phenoxy) is 1. The van der Waals surface area contributed by atoms with Gasteiger partial charge in [0.25, 0.3) is 0 Å². The molecule has 116 valence electrons. The van der Waals surface area contributed by atoms with E-state index in [4.69, 9.17) is 9.84 Å². The SMILES string of the molecule is COCCC(NC(=O)NCC1CCCN(C)C1)C(=O)O. The third-order valence-electron chi connectivity index (χ3n) is 3.49. The van der Waals surface area contributed by atoms with E-state index in [1.54, 1.807) is 0 Å². The molecule has 2 atom stereocenters. The Morgan fingerprint density at radius 1 is 1.50 bits per heavy atom. The molecule has 1 aliphatic heterocycles. The maximum Gasteiger partial charge on any atom is 0.326 e. The summed E-state index contributed by atoms with van der Waals surface area (Å²) >= 11 is 0. The number of hydrogen-bond donors (Lipinski definition) is 3. The van der Waals surface area contributed by atoms with Gasteiger partial charge in [0.2, 0.25) is 0 Å². The Bertz CT molecular complexity index is 325. The first-order valence-electron chi connectivity index (χ1n) is 6.97. The van der Waals surface area contributed by atoms with Crippen molar-refractivity contribution in [2.45, 2.75) is 25.3 Å². The molecule has 1 fully saturated rings. The van der Waals surface area contributed by atoms with Crippen LogP contribution in [0.5, 0.6) is 0 Å². The van der Waals surface area contributed by atoms with E-state index in [0.717, 1.165) is 25.9 Å². The van der Waals surface area contributed by atoms with E-state index in [2.05, 4.69) is 22.6 Å². The summed E-state index contributed by atoms with van der Waals surface area (Å²) < 4.78 is 4.83. The molecule has 3 N–H and O–H groups in total. The van der Waals surface area contributed by atoms with E-state index in [9.17, 15) is 9.59 Å². The number of aliphatic carboxylic acids is 1. The van der Waals surface area contributed by atoms with Gasteiger partial charge >= 0.3 is 12.0 Å². The summed E-state index contributed by atoms with van der Waals surface area (Å²) in [6, 6.07) is -1.34. The van der Waals surface area contributed by atoms with Crippen LogP contribution in [-0.2, 0) is 9.53 Å². The van der Waals surface area contributed by atoms with Crippen LogP contribution in [0.2, 0.25) is 0 Å². The van der Waals surface area contributed by atoms with Crippen molar-refractivity contribution < 1.29 is 19.4 Å². The molecule has 0 aliphatic carbocycles. The molecule has 0 aromatic heterocycles. The number of urea groups is 1. The Morgan fingerprint density at radius 2 is 2.25 bits per heavy atom. The maximum atomic E-state index is 11.7. The zero-order valence-corrected chi connectivity index (χ0v) is 12.2. The highest BCUT2D eigenvalue weighted by Gasteiger charge is 2.21. The number of piperidine rings is 1. The van der Waals surface area contributed by atoms with E-state index >= 15 is 0 Å². The number of carbonyl (C=O) groups is 2. The van der Waals surface area contributed by atoms with Crippen LogP contribution in [0.4, 0.5) is 4.79 Å². The van der Waals surface area contributed by atoms with Crippen LogP contribution in [-0.4, -0.2) is 68.4 Å². The summed E-state index contributed by atoms with van der Waals surface area (Å²) in [5.41, 5.74) is 0. The van der Waals surface area contributed by atoms with Gasteiger partial charge in [0, 0.05) is 33.2 Å². The number of nitrogens with zero attached hydrogens (tertiary/aromatic N) is 1. The van der Waals surface area contributed by atoms with Gasteiger partial charge in [0.15, 0.2) is 0 Å². The van der Waals surface area contributed by atoms with E-state index in [-0.39, 0.29) is 6.42 Å².